The van der Waals surface area contributed by atoms with Crippen LogP contribution in [0.3, 0.4) is 0 Å². The topological polar surface area (TPSA) is 138 Å². The van der Waals surface area contributed by atoms with Crippen LogP contribution in [0.5, 0.6) is 0 Å². The van der Waals surface area contributed by atoms with E-state index < -0.39 is 30.0 Å². The van der Waals surface area contributed by atoms with E-state index in [4.69, 9.17) is 10.6 Å². The van der Waals surface area contributed by atoms with E-state index in [9.17, 15) is 14.4 Å². The number of para-hydroxylation sites is 1. The van der Waals surface area contributed by atoms with Crippen LogP contribution in [0.15, 0.2) is 91.1 Å². The van der Waals surface area contributed by atoms with Crippen LogP contribution in [-0.4, -0.2) is 35.0 Å². The van der Waals surface area contributed by atoms with Gasteiger partial charge in [0, 0.05) is 29.9 Å². The number of amides is 3. The number of aromatic nitrogens is 1. The van der Waals surface area contributed by atoms with Crippen LogP contribution in [0.2, 0.25) is 0 Å². The van der Waals surface area contributed by atoms with Gasteiger partial charge in [0.15, 0.2) is 0 Å². The third kappa shape index (κ3) is 6.96. The number of alkyl carbamates (subject to hydrolysis) is 1. The molecule has 3 amide bonds. The summed E-state index contributed by atoms with van der Waals surface area (Å²) in [4.78, 5) is 41.8. The summed E-state index contributed by atoms with van der Waals surface area (Å²) in [6, 6.07) is 24.2. The molecule has 0 aliphatic rings. The smallest absolute Gasteiger partial charge is 0.408 e. The quantitative estimate of drug-likeness (QED) is 0.130. The Morgan fingerprint density at radius 3 is 2.08 bits per heavy atom. The fraction of sp³-hybridized carbons (Fsp3) is 0.179. The monoisotopic (exact) mass is 499 g/mol. The molecule has 0 aliphatic heterocycles. The van der Waals surface area contributed by atoms with Crippen molar-refractivity contribution >= 4 is 28.8 Å². The summed E-state index contributed by atoms with van der Waals surface area (Å²) in [5.74, 6) is 4.30. The van der Waals surface area contributed by atoms with Gasteiger partial charge in [-0.3, -0.25) is 15.0 Å². The first-order chi connectivity index (χ1) is 18.0. The molecule has 1 heterocycles. The lowest BCUT2D eigenvalue weighted by Crippen LogP contribution is -2.56. The van der Waals surface area contributed by atoms with Crippen LogP contribution in [0, 0.1) is 0 Å². The highest BCUT2D eigenvalue weighted by molar-refractivity contribution is 5.92. The molecular formula is C28H29N5O4. The molecule has 0 radical (unpaired) electrons. The fourth-order valence-electron chi connectivity index (χ4n) is 4.07. The molecule has 9 heteroatoms. The number of rotatable bonds is 10. The van der Waals surface area contributed by atoms with Crippen molar-refractivity contribution in [2.24, 2.45) is 5.84 Å². The van der Waals surface area contributed by atoms with Gasteiger partial charge in [-0.25, -0.2) is 10.6 Å². The van der Waals surface area contributed by atoms with Crippen LogP contribution in [0.25, 0.3) is 10.9 Å². The molecule has 1 aromatic heterocycles. The third-order valence-electron chi connectivity index (χ3n) is 5.98. The molecule has 0 fully saturated rings. The molecule has 0 saturated heterocycles. The Labute approximate surface area is 214 Å². The molecule has 4 rings (SSSR count). The van der Waals surface area contributed by atoms with E-state index >= 15 is 0 Å². The van der Waals surface area contributed by atoms with Crippen molar-refractivity contribution in [3.63, 3.8) is 0 Å². The number of hydrogen-bond donors (Lipinski definition) is 5. The Kier molecular flexibility index (Phi) is 8.51. The number of nitrogens with one attached hydrogen (secondary N) is 4. The highest BCUT2D eigenvalue weighted by Crippen LogP contribution is 2.19. The number of H-pyrrole nitrogens is 1. The average Bonchev–Trinajstić information content (AvgIpc) is 3.34. The Morgan fingerprint density at radius 2 is 1.38 bits per heavy atom. The minimum atomic E-state index is -1.01. The van der Waals surface area contributed by atoms with Crippen LogP contribution in [0.4, 0.5) is 4.79 Å². The van der Waals surface area contributed by atoms with E-state index in [0.29, 0.717) is 0 Å². The third-order valence-corrected chi connectivity index (χ3v) is 5.98. The molecule has 0 bridgehead atoms. The maximum Gasteiger partial charge on any atom is 0.408 e. The van der Waals surface area contributed by atoms with E-state index in [-0.39, 0.29) is 19.4 Å². The summed E-state index contributed by atoms with van der Waals surface area (Å²) in [5.41, 5.74) is 5.52. The maximum absolute atomic E-state index is 13.4. The predicted octanol–water partition coefficient (Wildman–Crippen LogP) is 2.72. The summed E-state index contributed by atoms with van der Waals surface area (Å²) in [7, 11) is 0. The van der Waals surface area contributed by atoms with Gasteiger partial charge in [0.05, 0.1) is 0 Å². The van der Waals surface area contributed by atoms with Gasteiger partial charge in [0.25, 0.3) is 5.91 Å². The van der Waals surface area contributed by atoms with Crippen LogP contribution >= 0.6 is 0 Å². The molecule has 3 aromatic carbocycles. The van der Waals surface area contributed by atoms with E-state index in [0.717, 1.165) is 27.6 Å². The average molecular weight is 500 g/mol. The van der Waals surface area contributed by atoms with Gasteiger partial charge in [-0.2, -0.15) is 0 Å². The van der Waals surface area contributed by atoms with Gasteiger partial charge in [-0.1, -0.05) is 78.9 Å². The number of aromatic amines is 1. The molecule has 6 N–H and O–H groups in total. The number of hydrazine groups is 1. The Morgan fingerprint density at radius 1 is 0.757 bits per heavy atom. The lowest BCUT2D eigenvalue weighted by molar-refractivity contribution is -0.130. The summed E-state index contributed by atoms with van der Waals surface area (Å²) < 4.78 is 5.35. The SMILES string of the molecule is NNC(=O)C(Cc1ccccc1)NC(=O)C(Cc1c[nH]c2ccccc12)NC(=O)OCc1ccccc1. The van der Waals surface area contributed by atoms with Crippen molar-refractivity contribution in [3.8, 4) is 0 Å². The summed E-state index contributed by atoms with van der Waals surface area (Å²) >= 11 is 0. The maximum atomic E-state index is 13.4. The largest absolute Gasteiger partial charge is 0.445 e. The summed E-state index contributed by atoms with van der Waals surface area (Å²) in [6.45, 7) is 0.0559. The number of fused-ring (bicyclic) bond motifs is 1. The van der Waals surface area contributed by atoms with Crippen LogP contribution in [0.1, 0.15) is 16.7 Å². The predicted molar refractivity (Wildman–Crippen MR) is 140 cm³/mol. The number of carbonyl (C=O) groups is 3. The molecule has 190 valence electrons. The fourth-order valence-corrected chi connectivity index (χ4v) is 4.07. The van der Waals surface area contributed by atoms with Gasteiger partial charge in [-0.15, -0.1) is 0 Å². The first-order valence-electron chi connectivity index (χ1n) is 11.9. The molecule has 2 unspecified atom stereocenters. The lowest BCUT2D eigenvalue weighted by atomic mass is 10.0. The number of benzene rings is 3. The molecular weight excluding hydrogens is 470 g/mol. The highest BCUT2D eigenvalue weighted by atomic mass is 16.5. The van der Waals surface area contributed by atoms with Gasteiger partial charge < -0.3 is 20.4 Å². The standard InChI is InChI=1S/C28H29N5O4/c29-33-27(35)24(15-19-9-3-1-4-10-19)31-26(34)25(16-21-17-30-23-14-8-7-13-22(21)23)32-28(36)37-18-20-11-5-2-6-12-20/h1-14,17,24-25,30H,15-16,18,29H2,(H,31,34)(H,32,36)(H,33,35). The second-order valence-electron chi connectivity index (χ2n) is 8.58. The molecule has 4 aromatic rings. The number of ether oxygens (including phenoxy) is 1. The zero-order chi connectivity index (χ0) is 26.0. The molecule has 2 atom stereocenters. The number of nitrogens with two attached hydrogens (primary N) is 1. The van der Waals surface area contributed by atoms with Crippen molar-refractivity contribution in [1.29, 1.82) is 0 Å². The number of hydrogen-bond acceptors (Lipinski definition) is 5. The van der Waals surface area contributed by atoms with E-state index in [1.54, 1.807) is 6.20 Å². The second-order valence-corrected chi connectivity index (χ2v) is 8.58. The van der Waals surface area contributed by atoms with E-state index in [2.05, 4.69) is 21.0 Å². The van der Waals surface area contributed by atoms with Gasteiger partial charge >= 0.3 is 6.09 Å². The van der Waals surface area contributed by atoms with Crippen LogP contribution in [-0.2, 0) is 33.8 Å². The summed E-state index contributed by atoms with van der Waals surface area (Å²) in [5, 5.41) is 6.34. The zero-order valence-corrected chi connectivity index (χ0v) is 20.1. The molecule has 0 spiro atoms. The van der Waals surface area contributed by atoms with E-state index in [1.807, 2.05) is 84.9 Å². The van der Waals surface area contributed by atoms with Gasteiger partial charge in [0.1, 0.15) is 18.7 Å². The Balaban J connectivity index is 1.51. The van der Waals surface area contributed by atoms with Crippen molar-refractivity contribution in [2.75, 3.05) is 0 Å². The molecule has 0 saturated carbocycles. The summed E-state index contributed by atoms with van der Waals surface area (Å²) in [6.07, 6.45) is 1.47. The minimum Gasteiger partial charge on any atom is -0.445 e. The Bertz CT molecular complexity index is 1340. The van der Waals surface area contributed by atoms with Crippen molar-refractivity contribution in [2.45, 2.75) is 31.5 Å². The van der Waals surface area contributed by atoms with Crippen LogP contribution < -0.4 is 21.9 Å². The highest BCUT2D eigenvalue weighted by Gasteiger charge is 2.28. The Hall–Kier alpha value is -4.63. The van der Waals surface area contributed by atoms with Crippen molar-refractivity contribution < 1.29 is 19.1 Å². The van der Waals surface area contributed by atoms with Crippen molar-refractivity contribution in [1.82, 2.24) is 21.0 Å². The van der Waals surface area contributed by atoms with Gasteiger partial charge in [-0.05, 0) is 22.8 Å². The molecule has 0 aliphatic carbocycles. The first-order valence-corrected chi connectivity index (χ1v) is 11.9. The van der Waals surface area contributed by atoms with Crippen molar-refractivity contribution in [3.05, 3.63) is 108 Å². The van der Waals surface area contributed by atoms with Gasteiger partial charge in [0.2, 0.25) is 5.91 Å². The lowest BCUT2D eigenvalue weighted by Gasteiger charge is -2.22. The van der Waals surface area contributed by atoms with E-state index in [1.165, 1.54) is 0 Å². The minimum absolute atomic E-state index is 0.0559. The second kappa shape index (κ2) is 12.4. The zero-order valence-electron chi connectivity index (χ0n) is 20.1. The number of carbonyl (C=O) groups excluding carboxylic acids is 3. The normalized spacial score (nSPS) is 12.4. The molecule has 9 nitrogen and oxygen atoms in total. The molecule has 37 heavy (non-hydrogen) atoms. The first kappa shape index (κ1) is 25.5.